The Bertz CT molecular complexity index is 466. The predicted molar refractivity (Wildman–Crippen MR) is 62.7 cm³/mol. The zero-order valence-electron chi connectivity index (χ0n) is 10.6. The molecule has 1 aromatic rings. The van der Waals surface area contributed by atoms with Crippen molar-refractivity contribution in [2.24, 2.45) is 0 Å². The molecule has 0 aliphatic carbocycles. The van der Waals surface area contributed by atoms with E-state index in [1.165, 1.54) is 12.1 Å². The standard InChI is InChI=1S/C13H14F3NO2/c1-3-18-8-9(2)19-11-5-4-10(7-17)12(6-11)13(14,15)16/h4-6,9H,3,8H2,1-2H3. The summed E-state index contributed by atoms with van der Waals surface area (Å²) < 4.78 is 48.6. The first-order valence-corrected chi connectivity index (χ1v) is 5.74. The van der Waals surface area contributed by atoms with Crippen molar-refractivity contribution in [1.82, 2.24) is 0 Å². The number of alkyl halides is 3. The Kier molecular flexibility index (Phi) is 5.19. The van der Waals surface area contributed by atoms with Crippen molar-refractivity contribution >= 4 is 0 Å². The molecule has 0 fully saturated rings. The molecule has 0 aliphatic heterocycles. The van der Waals surface area contributed by atoms with Gasteiger partial charge in [0.2, 0.25) is 0 Å². The summed E-state index contributed by atoms with van der Waals surface area (Å²) in [6.07, 6.45) is -4.94. The molecule has 0 saturated carbocycles. The molecular weight excluding hydrogens is 259 g/mol. The fraction of sp³-hybridized carbons (Fsp3) is 0.462. The van der Waals surface area contributed by atoms with Gasteiger partial charge in [-0.1, -0.05) is 0 Å². The summed E-state index contributed by atoms with van der Waals surface area (Å²) in [4.78, 5) is 0. The van der Waals surface area contributed by atoms with E-state index >= 15 is 0 Å². The van der Waals surface area contributed by atoms with Gasteiger partial charge in [0.15, 0.2) is 0 Å². The average molecular weight is 273 g/mol. The first-order valence-electron chi connectivity index (χ1n) is 5.74. The molecular formula is C13H14F3NO2. The van der Waals surface area contributed by atoms with Crippen LogP contribution < -0.4 is 4.74 Å². The molecule has 0 heterocycles. The van der Waals surface area contributed by atoms with Crippen molar-refractivity contribution in [3.63, 3.8) is 0 Å². The van der Waals surface area contributed by atoms with E-state index < -0.39 is 17.3 Å². The highest BCUT2D eigenvalue weighted by atomic mass is 19.4. The van der Waals surface area contributed by atoms with Crippen LogP contribution in [0.15, 0.2) is 18.2 Å². The third kappa shape index (κ3) is 4.45. The summed E-state index contributed by atoms with van der Waals surface area (Å²) >= 11 is 0. The number of nitrogens with zero attached hydrogens (tertiary/aromatic N) is 1. The first kappa shape index (κ1) is 15.3. The van der Waals surface area contributed by atoms with Crippen LogP contribution in [0.4, 0.5) is 13.2 Å². The molecule has 0 aromatic heterocycles. The fourth-order valence-corrected chi connectivity index (χ4v) is 1.48. The lowest BCUT2D eigenvalue weighted by Crippen LogP contribution is -2.19. The Morgan fingerprint density at radius 3 is 2.58 bits per heavy atom. The molecule has 0 bridgehead atoms. The molecule has 0 radical (unpaired) electrons. The Balaban J connectivity index is 2.91. The quantitative estimate of drug-likeness (QED) is 0.825. The maximum absolute atomic E-state index is 12.7. The van der Waals surface area contributed by atoms with Crippen molar-refractivity contribution in [1.29, 1.82) is 5.26 Å². The number of benzene rings is 1. The molecule has 19 heavy (non-hydrogen) atoms. The summed E-state index contributed by atoms with van der Waals surface area (Å²) in [7, 11) is 0. The van der Waals surface area contributed by atoms with Crippen LogP contribution in [0, 0.1) is 11.3 Å². The summed E-state index contributed by atoms with van der Waals surface area (Å²) in [6, 6.07) is 4.80. The number of nitriles is 1. The van der Waals surface area contributed by atoms with Crippen molar-refractivity contribution in [2.45, 2.75) is 26.1 Å². The minimum atomic E-state index is -4.58. The number of ether oxygens (including phenoxy) is 2. The number of rotatable bonds is 5. The molecule has 1 rings (SSSR count). The summed E-state index contributed by atoms with van der Waals surface area (Å²) in [5, 5.41) is 8.66. The van der Waals surface area contributed by atoms with Gasteiger partial charge in [-0.3, -0.25) is 0 Å². The van der Waals surface area contributed by atoms with Gasteiger partial charge < -0.3 is 9.47 Å². The fourth-order valence-electron chi connectivity index (χ4n) is 1.48. The van der Waals surface area contributed by atoms with Crippen molar-refractivity contribution in [2.75, 3.05) is 13.2 Å². The summed E-state index contributed by atoms with van der Waals surface area (Å²) in [5.41, 5.74) is -1.41. The molecule has 0 spiro atoms. The third-order valence-corrected chi connectivity index (χ3v) is 2.31. The Morgan fingerprint density at radius 2 is 2.05 bits per heavy atom. The normalized spacial score (nSPS) is 12.8. The van der Waals surface area contributed by atoms with Crippen LogP contribution in [0.2, 0.25) is 0 Å². The van der Waals surface area contributed by atoms with Crippen LogP contribution in [0.5, 0.6) is 5.75 Å². The molecule has 104 valence electrons. The van der Waals surface area contributed by atoms with E-state index in [0.29, 0.717) is 6.61 Å². The first-order chi connectivity index (χ1) is 8.88. The molecule has 6 heteroatoms. The number of hydrogen-bond acceptors (Lipinski definition) is 3. The van der Waals surface area contributed by atoms with E-state index in [1.54, 1.807) is 6.92 Å². The molecule has 3 nitrogen and oxygen atoms in total. The highest BCUT2D eigenvalue weighted by molar-refractivity contribution is 5.44. The zero-order chi connectivity index (χ0) is 14.5. The maximum Gasteiger partial charge on any atom is 0.417 e. The minimum absolute atomic E-state index is 0.0681. The van der Waals surface area contributed by atoms with Crippen molar-refractivity contribution in [3.05, 3.63) is 29.3 Å². The van der Waals surface area contributed by atoms with Gasteiger partial charge in [0.05, 0.1) is 23.8 Å². The monoisotopic (exact) mass is 273 g/mol. The van der Waals surface area contributed by atoms with E-state index in [9.17, 15) is 13.2 Å². The second kappa shape index (κ2) is 6.43. The molecule has 1 unspecified atom stereocenters. The van der Waals surface area contributed by atoms with E-state index in [4.69, 9.17) is 14.7 Å². The highest BCUT2D eigenvalue weighted by Gasteiger charge is 2.34. The van der Waals surface area contributed by atoms with Crippen LogP contribution >= 0.6 is 0 Å². The molecule has 0 aliphatic rings. The lowest BCUT2D eigenvalue weighted by atomic mass is 10.1. The molecule has 1 aromatic carbocycles. The van der Waals surface area contributed by atoms with Gasteiger partial charge in [-0.25, -0.2) is 0 Å². The number of halogens is 3. The highest BCUT2D eigenvalue weighted by Crippen LogP contribution is 2.34. The van der Waals surface area contributed by atoms with Crippen LogP contribution in [0.3, 0.4) is 0 Å². The van der Waals surface area contributed by atoms with E-state index in [0.717, 1.165) is 12.1 Å². The van der Waals surface area contributed by atoms with Gasteiger partial charge in [-0.05, 0) is 32.0 Å². The average Bonchev–Trinajstić information content (AvgIpc) is 2.35. The van der Waals surface area contributed by atoms with Crippen molar-refractivity contribution in [3.8, 4) is 11.8 Å². The Hall–Kier alpha value is -1.74. The van der Waals surface area contributed by atoms with E-state index in [1.807, 2.05) is 6.92 Å². The molecule has 1 atom stereocenters. The largest absolute Gasteiger partial charge is 0.488 e. The predicted octanol–water partition coefficient (Wildman–Crippen LogP) is 3.38. The Labute approximate surface area is 109 Å². The minimum Gasteiger partial charge on any atom is -0.488 e. The van der Waals surface area contributed by atoms with Gasteiger partial charge in [-0.15, -0.1) is 0 Å². The summed E-state index contributed by atoms with van der Waals surface area (Å²) in [5.74, 6) is 0.0681. The second-order valence-corrected chi connectivity index (χ2v) is 3.90. The van der Waals surface area contributed by atoms with Gasteiger partial charge in [0.25, 0.3) is 0 Å². The van der Waals surface area contributed by atoms with Crippen LogP contribution in [0.1, 0.15) is 25.0 Å². The van der Waals surface area contributed by atoms with Crippen LogP contribution in [0.25, 0.3) is 0 Å². The lowest BCUT2D eigenvalue weighted by molar-refractivity contribution is -0.137. The SMILES string of the molecule is CCOCC(C)Oc1ccc(C#N)c(C(F)(F)F)c1. The topological polar surface area (TPSA) is 42.2 Å². The smallest absolute Gasteiger partial charge is 0.417 e. The van der Waals surface area contributed by atoms with Gasteiger partial charge in [-0.2, -0.15) is 18.4 Å². The van der Waals surface area contributed by atoms with Gasteiger partial charge in [0.1, 0.15) is 11.9 Å². The molecule has 0 amide bonds. The van der Waals surface area contributed by atoms with Crippen LogP contribution in [-0.4, -0.2) is 19.3 Å². The Morgan fingerprint density at radius 1 is 1.37 bits per heavy atom. The maximum atomic E-state index is 12.7. The second-order valence-electron chi connectivity index (χ2n) is 3.90. The van der Waals surface area contributed by atoms with E-state index in [2.05, 4.69) is 0 Å². The third-order valence-electron chi connectivity index (χ3n) is 2.31. The van der Waals surface area contributed by atoms with Gasteiger partial charge in [0, 0.05) is 6.61 Å². The lowest BCUT2D eigenvalue weighted by Gasteiger charge is -2.16. The molecule has 0 saturated heterocycles. The number of hydrogen-bond donors (Lipinski definition) is 0. The van der Waals surface area contributed by atoms with Gasteiger partial charge >= 0.3 is 6.18 Å². The van der Waals surface area contributed by atoms with E-state index in [-0.39, 0.29) is 18.5 Å². The molecule has 0 N–H and O–H groups in total. The zero-order valence-corrected chi connectivity index (χ0v) is 10.6. The van der Waals surface area contributed by atoms with Crippen molar-refractivity contribution < 1.29 is 22.6 Å². The summed E-state index contributed by atoms with van der Waals surface area (Å²) in [6.45, 7) is 4.31. The van der Waals surface area contributed by atoms with Crippen LogP contribution in [-0.2, 0) is 10.9 Å².